The number of hydrogen-bond donors (Lipinski definition) is 1. The van der Waals surface area contributed by atoms with Crippen molar-refractivity contribution in [3.63, 3.8) is 0 Å². The van der Waals surface area contributed by atoms with Gasteiger partial charge >= 0.3 is 0 Å². The summed E-state index contributed by atoms with van der Waals surface area (Å²) in [7, 11) is 0. The van der Waals surface area contributed by atoms with E-state index in [0.717, 1.165) is 12.1 Å². The van der Waals surface area contributed by atoms with E-state index in [0.29, 0.717) is 5.02 Å². The summed E-state index contributed by atoms with van der Waals surface area (Å²) in [6.07, 6.45) is 2.23. The molecule has 13 heavy (non-hydrogen) atoms. The lowest BCUT2D eigenvalue weighted by atomic mass is 10.2. The standard InChI is InChI=1S/C8H8ClN3O/c9-4-1-7(12-11-3-4)5-2-6(5)8(10)13/h1,3,5-6H,2H2,(H2,10,13)/t5-,6-/m0/s1. The summed E-state index contributed by atoms with van der Waals surface area (Å²) in [6.45, 7) is 0. The molecule has 2 atom stereocenters. The third-order valence-electron chi connectivity index (χ3n) is 2.18. The Kier molecular flexibility index (Phi) is 1.92. The second kappa shape index (κ2) is 2.96. The van der Waals surface area contributed by atoms with E-state index in [2.05, 4.69) is 10.2 Å². The molecule has 5 heteroatoms. The molecule has 0 unspecified atom stereocenters. The van der Waals surface area contributed by atoms with Gasteiger partial charge in [0.15, 0.2) is 0 Å². The average Bonchev–Trinajstić information content (AvgIpc) is 2.82. The summed E-state index contributed by atoms with van der Waals surface area (Å²) >= 11 is 5.73. The van der Waals surface area contributed by atoms with Crippen LogP contribution in [0.15, 0.2) is 12.3 Å². The van der Waals surface area contributed by atoms with Gasteiger partial charge in [-0.3, -0.25) is 4.79 Å². The Morgan fingerprint density at radius 2 is 2.46 bits per heavy atom. The Morgan fingerprint density at radius 1 is 1.69 bits per heavy atom. The number of rotatable bonds is 2. The molecular formula is C8H8ClN3O. The summed E-state index contributed by atoms with van der Waals surface area (Å²) in [5.41, 5.74) is 5.90. The fraction of sp³-hybridized carbons (Fsp3) is 0.375. The molecule has 0 radical (unpaired) electrons. The zero-order chi connectivity index (χ0) is 9.42. The first-order valence-corrected chi connectivity index (χ1v) is 4.33. The van der Waals surface area contributed by atoms with E-state index < -0.39 is 0 Å². The number of hydrogen-bond acceptors (Lipinski definition) is 3. The summed E-state index contributed by atoms with van der Waals surface area (Å²) < 4.78 is 0. The van der Waals surface area contributed by atoms with Gasteiger partial charge in [0.1, 0.15) is 0 Å². The number of amides is 1. The summed E-state index contributed by atoms with van der Waals surface area (Å²) in [6, 6.07) is 1.72. The van der Waals surface area contributed by atoms with Gasteiger partial charge < -0.3 is 5.73 Å². The van der Waals surface area contributed by atoms with Gasteiger partial charge in [0, 0.05) is 11.8 Å². The van der Waals surface area contributed by atoms with Crippen molar-refractivity contribution in [2.24, 2.45) is 11.7 Å². The minimum Gasteiger partial charge on any atom is -0.369 e. The molecule has 1 saturated carbocycles. The largest absolute Gasteiger partial charge is 0.369 e. The molecule has 0 saturated heterocycles. The predicted molar refractivity (Wildman–Crippen MR) is 47.1 cm³/mol. The molecule has 1 amide bonds. The second-order valence-corrected chi connectivity index (χ2v) is 3.59. The van der Waals surface area contributed by atoms with Gasteiger partial charge in [0.2, 0.25) is 5.91 Å². The van der Waals surface area contributed by atoms with Crippen molar-refractivity contribution in [2.75, 3.05) is 0 Å². The van der Waals surface area contributed by atoms with Crippen LogP contribution >= 0.6 is 11.6 Å². The van der Waals surface area contributed by atoms with E-state index in [1.54, 1.807) is 6.07 Å². The van der Waals surface area contributed by atoms with Crippen LogP contribution in [0.25, 0.3) is 0 Å². The normalized spacial score (nSPS) is 25.6. The minimum atomic E-state index is -0.272. The Balaban J connectivity index is 2.16. The maximum Gasteiger partial charge on any atom is 0.221 e. The summed E-state index contributed by atoms with van der Waals surface area (Å²) in [4.78, 5) is 10.8. The van der Waals surface area contributed by atoms with Crippen molar-refractivity contribution >= 4 is 17.5 Å². The highest BCUT2D eigenvalue weighted by Gasteiger charge is 2.44. The third kappa shape index (κ3) is 1.62. The van der Waals surface area contributed by atoms with Gasteiger partial charge in [-0.05, 0) is 12.5 Å². The predicted octanol–water partition coefficient (Wildman–Crippen LogP) is 0.719. The van der Waals surface area contributed by atoms with Gasteiger partial charge in [0.25, 0.3) is 0 Å². The summed E-state index contributed by atoms with van der Waals surface area (Å²) in [5, 5.41) is 8.14. The SMILES string of the molecule is NC(=O)[C@H]1C[C@@H]1c1cc(Cl)cnn1. The molecule has 1 fully saturated rings. The van der Waals surface area contributed by atoms with Crippen LogP contribution in [0.5, 0.6) is 0 Å². The van der Waals surface area contributed by atoms with E-state index in [-0.39, 0.29) is 17.7 Å². The first-order chi connectivity index (χ1) is 6.18. The molecule has 2 rings (SSSR count). The highest BCUT2D eigenvalue weighted by atomic mass is 35.5. The van der Waals surface area contributed by atoms with Crippen molar-refractivity contribution in [2.45, 2.75) is 12.3 Å². The smallest absolute Gasteiger partial charge is 0.221 e. The van der Waals surface area contributed by atoms with Crippen molar-refractivity contribution in [1.82, 2.24) is 10.2 Å². The summed E-state index contributed by atoms with van der Waals surface area (Å²) in [5.74, 6) is -0.219. The number of nitrogens with zero attached hydrogens (tertiary/aromatic N) is 2. The van der Waals surface area contributed by atoms with Gasteiger partial charge in [0.05, 0.1) is 16.9 Å². The molecule has 0 aliphatic heterocycles. The molecule has 1 aliphatic carbocycles. The Morgan fingerprint density at radius 3 is 3.00 bits per heavy atom. The molecule has 1 aromatic rings. The van der Waals surface area contributed by atoms with Crippen LogP contribution < -0.4 is 5.73 Å². The van der Waals surface area contributed by atoms with Crippen molar-refractivity contribution < 1.29 is 4.79 Å². The molecule has 2 N–H and O–H groups in total. The average molecular weight is 198 g/mol. The molecule has 1 heterocycles. The highest BCUT2D eigenvalue weighted by Crippen LogP contribution is 2.46. The van der Waals surface area contributed by atoms with Gasteiger partial charge in [-0.25, -0.2) is 0 Å². The number of carbonyl (C=O) groups is 1. The van der Waals surface area contributed by atoms with Crippen molar-refractivity contribution in [3.05, 3.63) is 23.0 Å². The zero-order valence-electron chi connectivity index (χ0n) is 6.77. The van der Waals surface area contributed by atoms with Crippen LogP contribution in [0.2, 0.25) is 5.02 Å². The number of halogens is 1. The van der Waals surface area contributed by atoms with Crippen LogP contribution in [0.4, 0.5) is 0 Å². The molecule has 0 bridgehead atoms. The maximum absolute atomic E-state index is 10.8. The molecule has 0 aromatic carbocycles. The first kappa shape index (κ1) is 8.44. The third-order valence-corrected chi connectivity index (χ3v) is 2.38. The number of nitrogens with two attached hydrogens (primary N) is 1. The molecule has 0 spiro atoms. The lowest BCUT2D eigenvalue weighted by Crippen LogP contribution is -2.13. The van der Waals surface area contributed by atoms with E-state index in [1.807, 2.05) is 0 Å². The van der Waals surface area contributed by atoms with E-state index in [4.69, 9.17) is 17.3 Å². The van der Waals surface area contributed by atoms with Gasteiger partial charge in [-0.15, -0.1) is 0 Å². The van der Waals surface area contributed by atoms with E-state index in [1.165, 1.54) is 6.20 Å². The van der Waals surface area contributed by atoms with Crippen molar-refractivity contribution in [1.29, 1.82) is 0 Å². The van der Waals surface area contributed by atoms with Crippen LogP contribution in [-0.2, 0) is 4.79 Å². The Hall–Kier alpha value is -1.16. The second-order valence-electron chi connectivity index (χ2n) is 3.15. The van der Waals surface area contributed by atoms with Crippen molar-refractivity contribution in [3.8, 4) is 0 Å². The molecular weight excluding hydrogens is 190 g/mol. The quantitative estimate of drug-likeness (QED) is 0.760. The monoisotopic (exact) mass is 197 g/mol. The van der Waals surface area contributed by atoms with E-state index >= 15 is 0 Å². The molecule has 68 valence electrons. The molecule has 1 aliphatic rings. The maximum atomic E-state index is 10.8. The Labute approximate surface area is 80.1 Å². The van der Waals surface area contributed by atoms with Crippen LogP contribution in [-0.4, -0.2) is 16.1 Å². The first-order valence-electron chi connectivity index (χ1n) is 3.96. The van der Waals surface area contributed by atoms with Gasteiger partial charge in [-0.1, -0.05) is 11.6 Å². The number of primary amides is 1. The topological polar surface area (TPSA) is 68.9 Å². The fourth-order valence-electron chi connectivity index (χ4n) is 1.38. The van der Waals surface area contributed by atoms with E-state index in [9.17, 15) is 4.79 Å². The van der Waals surface area contributed by atoms with Crippen LogP contribution in [0.3, 0.4) is 0 Å². The minimum absolute atomic E-state index is 0.0761. The fourth-order valence-corrected chi connectivity index (χ4v) is 1.53. The molecule has 4 nitrogen and oxygen atoms in total. The lowest BCUT2D eigenvalue weighted by Gasteiger charge is -1.96. The van der Waals surface area contributed by atoms with Gasteiger partial charge in [-0.2, -0.15) is 10.2 Å². The lowest BCUT2D eigenvalue weighted by molar-refractivity contribution is -0.119. The van der Waals surface area contributed by atoms with Crippen LogP contribution in [0.1, 0.15) is 18.0 Å². The number of carbonyl (C=O) groups excluding carboxylic acids is 1. The number of aromatic nitrogens is 2. The zero-order valence-corrected chi connectivity index (χ0v) is 7.53. The molecule has 1 aromatic heterocycles. The highest BCUT2D eigenvalue weighted by molar-refractivity contribution is 6.30. The van der Waals surface area contributed by atoms with Crippen LogP contribution in [0, 0.1) is 5.92 Å². The Bertz CT molecular complexity index is 355.